The van der Waals surface area contributed by atoms with Gasteiger partial charge in [-0.2, -0.15) is 0 Å². The fourth-order valence-corrected chi connectivity index (χ4v) is 7.73. The number of nitrogens with zero attached hydrogens (tertiary/aromatic N) is 3. The van der Waals surface area contributed by atoms with Crippen molar-refractivity contribution in [3.63, 3.8) is 0 Å². The number of rotatable bonds is 26. The first kappa shape index (κ1) is 49.7. The van der Waals surface area contributed by atoms with Crippen molar-refractivity contribution in [2.24, 2.45) is 11.7 Å². The number of phosphoric acid groups is 1. The van der Waals surface area contributed by atoms with Gasteiger partial charge in [0.1, 0.15) is 30.2 Å². The first-order chi connectivity index (χ1) is 28.4. The number of nitrogens with two attached hydrogens (primary N) is 1. The van der Waals surface area contributed by atoms with E-state index in [1.165, 1.54) is 17.4 Å². The lowest BCUT2D eigenvalue weighted by Crippen LogP contribution is -2.61. The van der Waals surface area contributed by atoms with Crippen molar-refractivity contribution in [3.8, 4) is 0 Å². The molecule has 0 aliphatic carbocycles. The topological polar surface area (TPSA) is 285 Å². The van der Waals surface area contributed by atoms with E-state index in [1.54, 1.807) is 12.5 Å². The number of benzene rings is 1. The number of carbonyl (C=O) groups is 6. The van der Waals surface area contributed by atoms with E-state index in [0.717, 1.165) is 51.9 Å². The van der Waals surface area contributed by atoms with Gasteiger partial charge in [-0.3, -0.25) is 33.3 Å². The van der Waals surface area contributed by atoms with Crippen molar-refractivity contribution in [1.29, 1.82) is 0 Å². The summed E-state index contributed by atoms with van der Waals surface area (Å²) in [5.74, 6) is -4.81. The Hall–Kier alpha value is -4.68. The van der Waals surface area contributed by atoms with E-state index in [9.17, 15) is 48.2 Å². The van der Waals surface area contributed by atoms with E-state index in [1.807, 2.05) is 36.6 Å². The molecule has 19 nitrogen and oxygen atoms in total. The van der Waals surface area contributed by atoms with E-state index in [-0.39, 0.29) is 24.7 Å². The lowest BCUT2D eigenvalue weighted by atomic mass is 10.0. The van der Waals surface area contributed by atoms with E-state index < -0.39 is 80.3 Å². The number of amides is 6. The molecule has 20 heteroatoms. The summed E-state index contributed by atoms with van der Waals surface area (Å²) >= 11 is 0. The fourth-order valence-electron chi connectivity index (χ4n) is 7.18. The number of aliphatic hydroxyl groups excluding tert-OH is 1. The number of primary amides is 1. The third-order valence-corrected chi connectivity index (χ3v) is 10.9. The largest absolute Gasteiger partial charge is 0.469 e. The maximum Gasteiger partial charge on any atom is 0.469 e. The van der Waals surface area contributed by atoms with Crippen LogP contribution in [0.5, 0.6) is 0 Å². The molecular weight excluding hydrogens is 799 g/mol. The number of nitrogens with one attached hydrogen (secondary N) is 4. The second-order valence-electron chi connectivity index (χ2n) is 15.7. The molecule has 2 heterocycles. The number of likely N-dealkylation sites (tertiary alicyclic amines) is 1. The zero-order valence-corrected chi connectivity index (χ0v) is 35.9. The van der Waals surface area contributed by atoms with Crippen LogP contribution in [-0.4, -0.2) is 114 Å². The van der Waals surface area contributed by atoms with Crippen molar-refractivity contribution in [2.75, 3.05) is 13.2 Å². The Balaban J connectivity index is 1.76. The smallest absolute Gasteiger partial charge is 0.394 e. The van der Waals surface area contributed by atoms with Gasteiger partial charge in [-0.1, -0.05) is 69.9 Å². The Morgan fingerprint density at radius 1 is 0.883 bits per heavy atom. The molecule has 1 saturated heterocycles. The molecule has 334 valence electrons. The molecule has 1 aromatic carbocycles. The first-order valence-corrected chi connectivity index (χ1v) is 22.1. The maximum atomic E-state index is 14.0. The minimum absolute atomic E-state index is 0.0799. The maximum absolute atomic E-state index is 14.0. The molecule has 9 N–H and O–H groups in total. The molecule has 2 aromatic rings. The number of imidazole rings is 1. The van der Waals surface area contributed by atoms with Crippen molar-refractivity contribution < 1.29 is 52.7 Å². The van der Waals surface area contributed by atoms with Gasteiger partial charge in [-0.25, -0.2) is 9.55 Å². The zero-order chi connectivity index (χ0) is 44.4. The van der Waals surface area contributed by atoms with Gasteiger partial charge < -0.3 is 51.4 Å². The van der Waals surface area contributed by atoms with Crippen LogP contribution in [0.25, 0.3) is 0 Å². The highest BCUT2D eigenvalue weighted by Crippen LogP contribution is 2.38. The molecule has 60 heavy (non-hydrogen) atoms. The summed E-state index contributed by atoms with van der Waals surface area (Å²) in [6.45, 7) is 6.17. The molecule has 0 radical (unpaired) electrons. The van der Waals surface area contributed by atoms with E-state index >= 15 is 0 Å². The number of carbonyl (C=O) groups excluding carboxylic acids is 6. The SMILES string of the molecule is CC(=O)N1CCC[C@H]1C(=O)N[C@@H](CC(C)C)C(=O)N[C@@H](Cc1cncn1CCCCCCCCc1ccccc1)C(=O)N[C@@H](CO)C(=O)N[C@H](C(N)=O)[C@H](C)OP(=O)(O)O. The van der Waals surface area contributed by atoms with Crippen molar-refractivity contribution in [3.05, 3.63) is 54.1 Å². The minimum atomic E-state index is -5.11. The van der Waals surface area contributed by atoms with Crippen LogP contribution in [0, 0.1) is 5.92 Å². The van der Waals surface area contributed by atoms with Crippen molar-refractivity contribution >= 4 is 43.3 Å². The number of hydrogen-bond acceptors (Lipinski definition) is 10. The number of aromatic nitrogens is 2. The highest BCUT2D eigenvalue weighted by Gasteiger charge is 2.37. The molecule has 0 spiro atoms. The molecule has 1 aromatic heterocycles. The van der Waals surface area contributed by atoms with Crippen LogP contribution in [0.4, 0.5) is 0 Å². The molecule has 1 aliphatic rings. The molecule has 6 atom stereocenters. The van der Waals surface area contributed by atoms with Gasteiger partial charge in [0.2, 0.25) is 35.4 Å². The monoisotopic (exact) mass is 862 g/mol. The Kier molecular flexibility index (Phi) is 20.3. The molecule has 0 unspecified atom stereocenters. The molecule has 3 rings (SSSR count). The normalized spacial score (nSPS) is 16.7. The van der Waals surface area contributed by atoms with Gasteiger partial charge in [0, 0.05) is 38.3 Å². The molecule has 0 bridgehead atoms. The van der Waals surface area contributed by atoms with Crippen LogP contribution in [0.15, 0.2) is 42.9 Å². The standard InChI is InChI=1S/C40H63N8O11P/c1-26(2)21-31(44-40(55)34-18-14-20-48(34)28(4)50)37(52)43-32(38(53)45-33(24-49)39(54)46-35(36(41)51)27(3)59-60(56,57)58)22-30-23-42-25-47(30)19-13-8-6-5-7-10-15-29-16-11-9-12-17-29/h9,11-12,16-17,23,25-27,31-35,49H,5-8,10,13-15,18-22,24H2,1-4H3,(H2,41,51)(H,43,52)(H,44,55)(H,45,53)(H,46,54)(H2,56,57,58)/t27-,31-,32-,33-,34-,35-/m0/s1. The van der Waals surface area contributed by atoms with Crippen LogP contribution in [0.3, 0.4) is 0 Å². The number of hydrogen-bond donors (Lipinski definition) is 8. The summed E-state index contributed by atoms with van der Waals surface area (Å²) in [6, 6.07) is 3.63. The number of aryl methyl sites for hydroxylation is 2. The highest BCUT2D eigenvalue weighted by atomic mass is 31.2. The third kappa shape index (κ3) is 16.8. The van der Waals surface area contributed by atoms with Gasteiger partial charge in [0.15, 0.2) is 0 Å². The average molecular weight is 863 g/mol. The molecule has 6 amide bonds. The third-order valence-electron chi connectivity index (χ3n) is 10.3. The van der Waals surface area contributed by atoms with Gasteiger partial charge in [-0.15, -0.1) is 0 Å². The predicted molar refractivity (Wildman–Crippen MR) is 220 cm³/mol. The van der Waals surface area contributed by atoms with Crippen molar-refractivity contribution in [2.45, 2.75) is 141 Å². The Morgan fingerprint density at radius 2 is 1.50 bits per heavy atom. The number of aliphatic hydroxyl groups is 1. The van der Waals surface area contributed by atoms with E-state index in [4.69, 9.17) is 5.73 Å². The Morgan fingerprint density at radius 3 is 2.12 bits per heavy atom. The predicted octanol–water partition coefficient (Wildman–Crippen LogP) is 0.981. The van der Waals surface area contributed by atoms with Crippen LogP contribution in [0.1, 0.15) is 96.7 Å². The molecule has 1 fully saturated rings. The summed E-state index contributed by atoms with van der Waals surface area (Å²) < 4.78 is 17.7. The van der Waals surface area contributed by atoms with Gasteiger partial charge in [0.05, 0.1) is 19.0 Å². The fraction of sp³-hybridized carbons (Fsp3) is 0.625. The second kappa shape index (κ2) is 24.5. The summed E-state index contributed by atoms with van der Waals surface area (Å²) in [7, 11) is -5.11. The second-order valence-corrected chi connectivity index (χ2v) is 16.9. The Bertz CT molecular complexity index is 1770. The van der Waals surface area contributed by atoms with Crippen molar-refractivity contribution in [1.82, 2.24) is 35.7 Å². The summed E-state index contributed by atoms with van der Waals surface area (Å²) in [6.07, 6.45) is 9.87. The average Bonchev–Trinajstić information content (AvgIpc) is 3.86. The van der Waals surface area contributed by atoms with Gasteiger partial charge in [-0.05, 0) is 56.9 Å². The first-order valence-electron chi connectivity index (χ1n) is 20.6. The lowest BCUT2D eigenvalue weighted by molar-refractivity contribution is -0.139. The number of phosphoric ester groups is 1. The molecular formula is C40H63N8O11P. The molecule has 1 aliphatic heterocycles. The van der Waals surface area contributed by atoms with Crippen LogP contribution in [-0.2, 0) is 57.2 Å². The number of unbranched alkanes of at least 4 members (excludes halogenated alkanes) is 5. The van der Waals surface area contributed by atoms with E-state index in [0.29, 0.717) is 31.6 Å². The lowest BCUT2D eigenvalue weighted by Gasteiger charge is -2.28. The highest BCUT2D eigenvalue weighted by molar-refractivity contribution is 7.46. The quantitative estimate of drug-likeness (QED) is 0.0486. The summed E-state index contributed by atoms with van der Waals surface area (Å²) in [5.41, 5.74) is 7.25. The zero-order valence-electron chi connectivity index (χ0n) is 35.0. The van der Waals surface area contributed by atoms with Crippen LogP contribution in [0.2, 0.25) is 0 Å². The summed E-state index contributed by atoms with van der Waals surface area (Å²) in [4.78, 5) is 103. The Labute approximate surface area is 351 Å². The van der Waals surface area contributed by atoms with Crippen LogP contribution >= 0.6 is 7.82 Å². The van der Waals surface area contributed by atoms with Gasteiger partial charge >= 0.3 is 7.82 Å². The molecule has 0 saturated carbocycles. The van der Waals surface area contributed by atoms with Crippen LogP contribution < -0.4 is 27.0 Å². The van der Waals surface area contributed by atoms with E-state index in [2.05, 4.69) is 42.9 Å². The van der Waals surface area contributed by atoms with Gasteiger partial charge in [0.25, 0.3) is 0 Å². The minimum Gasteiger partial charge on any atom is -0.394 e. The summed E-state index contributed by atoms with van der Waals surface area (Å²) in [5, 5.41) is 20.2.